The molecule has 1 atom stereocenters. The summed E-state index contributed by atoms with van der Waals surface area (Å²) in [6.07, 6.45) is 6.67. The number of likely N-dealkylation sites (tertiary alicyclic amines) is 1. The third kappa shape index (κ3) is 4.39. The number of aryl methyl sites for hydroxylation is 1. The molecule has 2 aliphatic heterocycles. The number of hydrogen-bond acceptors (Lipinski definition) is 4. The van der Waals surface area contributed by atoms with E-state index in [4.69, 9.17) is 4.74 Å². The van der Waals surface area contributed by atoms with Crippen LogP contribution in [-0.2, 0) is 16.0 Å². The lowest BCUT2D eigenvalue weighted by Gasteiger charge is -2.28. The van der Waals surface area contributed by atoms with Crippen LogP contribution in [-0.4, -0.2) is 73.6 Å². The van der Waals surface area contributed by atoms with E-state index in [0.717, 1.165) is 52.2 Å². The van der Waals surface area contributed by atoms with Crippen molar-refractivity contribution in [2.24, 2.45) is 0 Å². The number of nitrogens with zero attached hydrogens (tertiary/aromatic N) is 2. The van der Waals surface area contributed by atoms with E-state index in [0.29, 0.717) is 18.5 Å². The van der Waals surface area contributed by atoms with Crippen LogP contribution in [0.1, 0.15) is 34.3 Å². The molecule has 2 fully saturated rings. The van der Waals surface area contributed by atoms with E-state index in [1.165, 1.54) is 11.1 Å². The van der Waals surface area contributed by atoms with E-state index in [1.807, 2.05) is 23.1 Å². The smallest absolute Gasteiger partial charge is 0.251 e. The fourth-order valence-electron chi connectivity index (χ4n) is 4.02. The highest BCUT2D eigenvalue weighted by molar-refractivity contribution is 5.95. The molecule has 1 aliphatic carbocycles. The maximum absolute atomic E-state index is 12.6. The van der Waals surface area contributed by atoms with Gasteiger partial charge in [0.05, 0.1) is 19.3 Å². The first kappa shape index (κ1) is 18.2. The zero-order valence-corrected chi connectivity index (χ0v) is 15.7. The first-order valence-corrected chi connectivity index (χ1v) is 9.87. The molecule has 27 heavy (non-hydrogen) atoms. The van der Waals surface area contributed by atoms with Gasteiger partial charge in [0.1, 0.15) is 0 Å². The number of carbonyl (C=O) groups excluding carboxylic acids is 2. The average molecular weight is 369 g/mol. The molecule has 1 N–H and O–H groups in total. The van der Waals surface area contributed by atoms with Gasteiger partial charge in [-0.15, -0.1) is 0 Å². The number of fused-ring (bicyclic) bond motifs is 1. The fourth-order valence-corrected chi connectivity index (χ4v) is 4.02. The Hall–Kier alpha value is -2.18. The van der Waals surface area contributed by atoms with Gasteiger partial charge in [0.2, 0.25) is 5.91 Å². The van der Waals surface area contributed by atoms with Gasteiger partial charge in [-0.1, -0.05) is 18.2 Å². The van der Waals surface area contributed by atoms with E-state index in [9.17, 15) is 9.59 Å². The van der Waals surface area contributed by atoms with Gasteiger partial charge in [-0.3, -0.25) is 14.5 Å². The zero-order chi connectivity index (χ0) is 18.6. The molecule has 1 aromatic rings. The van der Waals surface area contributed by atoms with Crippen LogP contribution < -0.4 is 5.32 Å². The van der Waals surface area contributed by atoms with Crippen molar-refractivity contribution in [1.82, 2.24) is 15.1 Å². The third-order valence-corrected chi connectivity index (χ3v) is 5.62. The van der Waals surface area contributed by atoms with Gasteiger partial charge in [-0.05, 0) is 36.1 Å². The zero-order valence-electron chi connectivity index (χ0n) is 15.7. The lowest BCUT2D eigenvalue weighted by Crippen LogP contribution is -2.42. The predicted octanol–water partition coefficient (Wildman–Crippen LogP) is 1.31. The van der Waals surface area contributed by atoms with Gasteiger partial charge in [-0.2, -0.15) is 0 Å². The van der Waals surface area contributed by atoms with Gasteiger partial charge >= 0.3 is 0 Å². The van der Waals surface area contributed by atoms with Crippen molar-refractivity contribution < 1.29 is 14.3 Å². The van der Waals surface area contributed by atoms with E-state index in [2.05, 4.69) is 22.4 Å². The maximum Gasteiger partial charge on any atom is 0.251 e. The summed E-state index contributed by atoms with van der Waals surface area (Å²) in [4.78, 5) is 29.1. The van der Waals surface area contributed by atoms with E-state index in [-0.39, 0.29) is 17.9 Å². The molecule has 6 heteroatoms. The lowest BCUT2D eigenvalue weighted by molar-refractivity contribution is -0.128. The van der Waals surface area contributed by atoms with Crippen LogP contribution in [0.25, 0.3) is 6.08 Å². The Kier molecular flexibility index (Phi) is 5.55. The molecule has 2 heterocycles. The number of allylic oxidation sites excluding steroid dienone is 1. The highest BCUT2D eigenvalue weighted by Gasteiger charge is 2.31. The fraction of sp³-hybridized carbons (Fsp3) is 0.524. The van der Waals surface area contributed by atoms with E-state index < -0.39 is 0 Å². The van der Waals surface area contributed by atoms with E-state index >= 15 is 0 Å². The number of ether oxygens (including phenoxy) is 1. The summed E-state index contributed by atoms with van der Waals surface area (Å²) < 4.78 is 5.36. The molecule has 2 saturated heterocycles. The van der Waals surface area contributed by atoms with Crippen LogP contribution in [0.15, 0.2) is 24.3 Å². The number of carbonyl (C=O) groups is 2. The highest BCUT2D eigenvalue weighted by Crippen LogP contribution is 2.21. The van der Waals surface area contributed by atoms with Crippen molar-refractivity contribution in [1.29, 1.82) is 0 Å². The molecule has 2 amide bonds. The van der Waals surface area contributed by atoms with E-state index in [1.54, 1.807) is 0 Å². The number of amides is 2. The molecule has 6 nitrogen and oxygen atoms in total. The summed E-state index contributed by atoms with van der Waals surface area (Å²) >= 11 is 0. The highest BCUT2D eigenvalue weighted by atomic mass is 16.5. The minimum absolute atomic E-state index is 0.0832. The number of hydrogen-bond donors (Lipinski definition) is 1. The first-order chi connectivity index (χ1) is 13.2. The van der Waals surface area contributed by atoms with Crippen molar-refractivity contribution in [2.45, 2.75) is 25.3 Å². The number of rotatable bonds is 5. The second-order valence-electron chi connectivity index (χ2n) is 7.52. The minimum Gasteiger partial charge on any atom is -0.379 e. The Bertz CT molecular complexity index is 740. The van der Waals surface area contributed by atoms with Crippen LogP contribution in [0.3, 0.4) is 0 Å². The Morgan fingerprint density at radius 2 is 2.07 bits per heavy atom. The molecular weight excluding hydrogens is 342 g/mol. The summed E-state index contributed by atoms with van der Waals surface area (Å²) in [6, 6.07) is 5.76. The molecule has 0 radical (unpaired) electrons. The lowest BCUT2D eigenvalue weighted by atomic mass is 9.95. The topological polar surface area (TPSA) is 61.9 Å². The maximum atomic E-state index is 12.6. The molecule has 3 aliphatic rings. The summed E-state index contributed by atoms with van der Waals surface area (Å²) in [5.41, 5.74) is 3.10. The number of morpholine rings is 1. The van der Waals surface area contributed by atoms with Crippen molar-refractivity contribution in [3.8, 4) is 0 Å². The molecule has 0 bridgehead atoms. The normalized spacial score (nSPS) is 22.7. The third-order valence-electron chi connectivity index (χ3n) is 5.62. The molecule has 1 aromatic carbocycles. The number of nitrogens with one attached hydrogen (secondary N) is 1. The average Bonchev–Trinajstić information content (AvgIpc) is 3.05. The summed E-state index contributed by atoms with van der Waals surface area (Å²) in [6.45, 7) is 5.57. The second-order valence-corrected chi connectivity index (χ2v) is 7.52. The Labute approximate surface area is 160 Å². The molecule has 0 aromatic heterocycles. The number of benzene rings is 1. The standard InChI is InChI=1S/C21H27N3O3/c25-20-14-19(15-24(20)8-7-23-9-11-27-12-10-23)22-21(26)18-6-5-16-3-1-2-4-17(16)13-18/h1,3,5-6,13,19H,2,4,7-12,14-15H2,(H,22,26). The van der Waals surface area contributed by atoms with Crippen LogP contribution >= 0.6 is 0 Å². The van der Waals surface area contributed by atoms with Crippen LogP contribution in [0.2, 0.25) is 0 Å². The van der Waals surface area contributed by atoms with Crippen molar-refractivity contribution in [3.05, 3.63) is 41.0 Å². The summed E-state index contributed by atoms with van der Waals surface area (Å²) in [7, 11) is 0. The van der Waals surface area contributed by atoms with Gasteiger partial charge in [0.15, 0.2) is 0 Å². The minimum atomic E-state index is -0.106. The summed E-state index contributed by atoms with van der Waals surface area (Å²) in [5.74, 6) is 0.0457. The Morgan fingerprint density at radius 1 is 1.22 bits per heavy atom. The largest absolute Gasteiger partial charge is 0.379 e. The molecule has 144 valence electrons. The molecule has 0 saturated carbocycles. The SMILES string of the molecule is O=C(NC1CC(=O)N(CCN2CCOCC2)C1)c1ccc2c(c1)CCC=C2. The molecule has 1 unspecified atom stereocenters. The Balaban J connectivity index is 1.30. The molecule has 4 rings (SSSR count). The van der Waals surface area contributed by atoms with Gasteiger partial charge < -0.3 is 15.0 Å². The van der Waals surface area contributed by atoms with Gasteiger partial charge in [0.25, 0.3) is 5.91 Å². The molecular formula is C21H27N3O3. The predicted molar refractivity (Wildman–Crippen MR) is 104 cm³/mol. The van der Waals surface area contributed by atoms with Gasteiger partial charge in [-0.25, -0.2) is 0 Å². The molecule has 0 spiro atoms. The first-order valence-electron chi connectivity index (χ1n) is 9.87. The van der Waals surface area contributed by atoms with Gasteiger partial charge in [0, 0.05) is 44.7 Å². The summed E-state index contributed by atoms with van der Waals surface area (Å²) in [5, 5.41) is 3.05. The van der Waals surface area contributed by atoms with Crippen molar-refractivity contribution >= 4 is 17.9 Å². The Morgan fingerprint density at radius 3 is 2.93 bits per heavy atom. The van der Waals surface area contributed by atoms with Crippen LogP contribution in [0, 0.1) is 0 Å². The quantitative estimate of drug-likeness (QED) is 0.850. The monoisotopic (exact) mass is 369 g/mol. The van der Waals surface area contributed by atoms with Crippen LogP contribution in [0.4, 0.5) is 0 Å². The van der Waals surface area contributed by atoms with Crippen LogP contribution in [0.5, 0.6) is 0 Å². The van der Waals surface area contributed by atoms with Crippen molar-refractivity contribution in [3.63, 3.8) is 0 Å². The van der Waals surface area contributed by atoms with Crippen molar-refractivity contribution in [2.75, 3.05) is 45.9 Å². The second kappa shape index (κ2) is 8.23.